The number of oxazole rings is 1. The zero-order chi connectivity index (χ0) is 22.1. The molecule has 1 aliphatic heterocycles. The second-order valence-corrected chi connectivity index (χ2v) is 10.2. The van der Waals surface area contributed by atoms with Gasteiger partial charge < -0.3 is 9.73 Å². The lowest BCUT2D eigenvalue weighted by molar-refractivity contribution is -0.120. The lowest BCUT2D eigenvalue weighted by atomic mass is 9.97. The van der Waals surface area contributed by atoms with Crippen LogP contribution >= 0.6 is 0 Å². The number of carbonyl (C=O) groups excluding carboxylic acids is 1. The Balaban J connectivity index is 1.18. The lowest BCUT2D eigenvalue weighted by Gasteiger charge is -2.29. The number of hydrogen-bond donors (Lipinski definition) is 1. The third-order valence-corrected chi connectivity index (χ3v) is 7.58. The quantitative estimate of drug-likeness (QED) is 0.601. The van der Waals surface area contributed by atoms with Crippen LogP contribution in [0, 0.1) is 5.92 Å². The van der Waals surface area contributed by atoms with Crippen LogP contribution in [0.5, 0.6) is 0 Å². The zero-order valence-corrected chi connectivity index (χ0v) is 18.4. The monoisotopic (exact) mass is 451 g/mol. The molecule has 1 saturated carbocycles. The molecule has 166 valence electrons. The van der Waals surface area contributed by atoms with E-state index in [2.05, 4.69) is 10.3 Å². The smallest absolute Gasteiger partial charge is 0.236 e. The number of sulfonamides is 1. The molecule has 1 aromatic heterocycles. The summed E-state index contributed by atoms with van der Waals surface area (Å²) in [6, 6.07) is 14.8. The van der Waals surface area contributed by atoms with Crippen LogP contribution in [0.3, 0.4) is 0 Å². The van der Waals surface area contributed by atoms with Crippen molar-refractivity contribution in [2.75, 3.05) is 18.4 Å². The Labute approximate surface area is 187 Å². The molecular weight excluding hydrogens is 426 g/mol. The number of hydrogen-bond acceptors (Lipinski definition) is 5. The van der Waals surface area contributed by atoms with Gasteiger partial charge >= 0.3 is 0 Å². The molecule has 2 aliphatic rings. The molecule has 2 fully saturated rings. The first-order valence-corrected chi connectivity index (χ1v) is 12.4. The van der Waals surface area contributed by atoms with Crippen molar-refractivity contribution in [3.8, 4) is 0 Å². The summed E-state index contributed by atoms with van der Waals surface area (Å²) < 4.78 is 32.5. The highest BCUT2D eigenvalue weighted by molar-refractivity contribution is 7.92. The highest BCUT2D eigenvalue weighted by Crippen LogP contribution is 2.40. The lowest BCUT2D eigenvalue weighted by Crippen LogP contribution is -2.40. The number of anilines is 1. The maximum Gasteiger partial charge on any atom is 0.236 e. The maximum absolute atomic E-state index is 12.8. The van der Waals surface area contributed by atoms with Gasteiger partial charge in [0.25, 0.3) is 0 Å². The number of amides is 1. The van der Waals surface area contributed by atoms with Crippen LogP contribution < -0.4 is 5.32 Å². The van der Waals surface area contributed by atoms with Gasteiger partial charge in [-0.25, -0.2) is 13.4 Å². The largest absolute Gasteiger partial charge is 0.440 e. The maximum atomic E-state index is 12.8. The molecular formula is C24H25N3O4S. The number of aromatic nitrogens is 1. The third-order valence-electron chi connectivity index (χ3n) is 6.01. The molecule has 1 N–H and O–H groups in total. The Kier molecular flexibility index (Phi) is 5.57. The molecule has 5 rings (SSSR count). The first-order chi connectivity index (χ1) is 15.5. The standard InChI is InChI=1S/C24H25N3O4S/c28-23(25-20-8-9-22-21(16-20)26-24(31-22)19-6-7-19)18-10-13-27(14-11-18)32(29,30)15-12-17-4-2-1-3-5-17/h1-5,8-9,12,15-16,18-19H,6-7,10-11,13-14H2,(H,25,28)/b15-12+. The second kappa shape index (κ2) is 8.52. The van der Waals surface area contributed by atoms with Gasteiger partial charge in [0.2, 0.25) is 15.9 Å². The van der Waals surface area contributed by atoms with Gasteiger partial charge in [-0.2, -0.15) is 4.31 Å². The average molecular weight is 452 g/mol. The van der Waals surface area contributed by atoms with Crippen LogP contribution in [0.2, 0.25) is 0 Å². The minimum Gasteiger partial charge on any atom is -0.440 e. The Morgan fingerprint density at radius 3 is 2.53 bits per heavy atom. The second-order valence-electron chi connectivity index (χ2n) is 8.43. The highest BCUT2D eigenvalue weighted by Gasteiger charge is 2.31. The normalized spacial score (nSPS) is 18.4. The van der Waals surface area contributed by atoms with Crippen molar-refractivity contribution in [3.05, 3.63) is 65.4 Å². The first-order valence-electron chi connectivity index (χ1n) is 10.9. The van der Waals surface area contributed by atoms with Crippen molar-refractivity contribution in [2.24, 2.45) is 5.92 Å². The summed E-state index contributed by atoms with van der Waals surface area (Å²) >= 11 is 0. The zero-order valence-electron chi connectivity index (χ0n) is 17.6. The summed E-state index contributed by atoms with van der Waals surface area (Å²) in [5, 5.41) is 4.20. The minimum absolute atomic E-state index is 0.0906. The van der Waals surface area contributed by atoms with Gasteiger partial charge in [0.05, 0.1) is 0 Å². The van der Waals surface area contributed by atoms with Crippen molar-refractivity contribution in [3.63, 3.8) is 0 Å². The van der Waals surface area contributed by atoms with Crippen LogP contribution in [-0.4, -0.2) is 36.7 Å². The van der Waals surface area contributed by atoms with Crippen molar-refractivity contribution >= 4 is 38.8 Å². The van der Waals surface area contributed by atoms with Gasteiger partial charge in [-0.3, -0.25) is 4.79 Å². The number of nitrogens with zero attached hydrogens (tertiary/aromatic N) is 2. The molecule has 2 aromatic carbocycles. The van der Waals surface area contributed by atoms with E-state index in [0.717, 1.165) is 35.4 Å². The Morgan fingerprint density at radius 1 is 1.06 bits per heavy atom. The molecule has 1 saturated heterocycles. The van der Waals surface area contributed by atoms with E-state index < -0.39 is 10.0 Å². The van der Waals surface area contributed by atoms with Crippen molar-refractivity contribution in [1.82, 2.24) is 9.29 Å². The fraction of sp³-hybridized carbons (Fsp3) is 0.333. The number of benzene rings is 2. The van der Waals surface area contributed by atoms with Gasteiger partial charge in [-0.05, 0) is 55.5 Å². The fourth-order valence-electron chi connectivity index (χ4n) is 3.96. The summed E-state index contributed by atoms with van der Waals surface area (Å²) in [7, 11) is -3.51. The van der Waals surface area contributed by atoms with E-state index in [1.165, 1.54) is 9.71 Å². The third kappa shape index (κ3) is 4.61. The average Bonchev–Trinajstić information content (AvgIpc) is 3.58. The van der Waals surface area contributed by atoms with Crippen LogP contribution in [0.25, 0.3) is 17.2 Å². The summed E-state index contributed by atoms with van der Waals surface area (Å²) in [5.41, 5.74) is 2.99. The first kappa shape index (κ1) is 20.9. The molecule has 3 aromatic rings. The van der Waals surface area contributed by atoms with E-state index in [4.69, 9.17) is 4.42 Å². The van der Waals surface area contributed by atoms with Gasteiger partial charge in [-0.15, -0.1) is 0 Å². The molecule has 0 atom stereocenters. The summed E-state index contributed by atoms with van der Waals surface area (Å²) in [6.45, 7) is 0.652. The molecule has 1 aliphatic carbocycles. The summed E-state index contributed by atoms with van der Waals surface area (Å²) in [4.78, 5) is 17.3. The number of carbonyl (C=O) groups is 1. The van der Waals surface area contributed by atoms with E-state index in [1.807, 2.05) is 48.5 Å². The van der Waals surface area contributed by atoms with E-state index in [9.17, 15) is 13.2 Å². The SMILES string of the molecule is O=C(Nc1ccc2oc(C3CC3)nc2c1)C1CCN(S(=O)(=O)/C=C/c2ccccc2)CC1. The molecule has 0 bridgehead atoms. The number of rotatable bonds is 6. The van der Waals surface area contributed by atoms with Crippen LogP contribution in [0.15, 0.2) is 58.4 Å². The number of nitrogens with one attached hydrogen (secondary N) is 1. The molecule has 32 heavy (non-hydrogen) atoms. The Hall–Kier alpha value is -2.97. The highest BCUT2D eigenvalue weighted by atomic mass is 32.2. The molecule has 7 nitrogen and oxygen atoms in total. The predicted molar refractivity (Wildman–Crippen MR) is 123 cm³/mol. The molecule has 8 heteroatoms. The Morgan fingerprint density at radius 2 is 1.81 bits per heavy atom. The minimum atomic E-state index is -3.51. The molecule has 2 heterocycles. The molecule has 1 amide bonds. The Bertz CT molecular complexity index is 1250. The van der Waals surface area contributed by atoms with E-state index in [1.54, 1.807) is 6.08 Å². The van der Waals surface area contributed by atoms with E-state index >= 15 is 0 Å². The molecule has 0 spiro atoms. The van der Waals surface area contributed by atoms with Gasteiger partial charge in [0.15, 0.2) is 11.5 Å². The molecule has 0 radical (unpaired) electrons. The van der Waals surface area contributed by atoms with Crippen LogP contribution in [-0.2, 0) is 14.8 Å². The number of piperidine rings is 1. The van der Waals surface area contributed by atoms with Crippen LogP contribution in [0.1, 0.15) is 43.1 Å². The van der Waals surface area contributed by atoms with Gasteiger partial charge in [0, 0.05) is 36.0 Å². The van der Waals surface area contributed by atoms with Crippen molar-refractivity contribution in [1.29, 1.82) is 0 Å². The predicted octanol–water partition coefficient (Wildman–Crippen LogP) is 4.36. The van der Waals surface area contributed by atoms with Crippen molar-refractivity contribution < 1.29 is 17.6 Å². The van der Waals surface area contributed by atoms with E-state index in [0.29, 0.717) is 37.5 Å². The molecule has 0 unspecified atom stereocenters. The topological polar surface area (TPSA) is 92.5 Å². The van der Waals surface area contributed by atoms with E-state index in [-0.39, 0.29) is 11.8 Å². The van der Waals surface area contributed by atoms with Crippen molar-refractivity contribution in [2.45, 2.75) is 31.6 Å². The fourth-order valence-corrected chi connectivity index (χ4v) is 5.18. The summed E-state index contributed by atoms with van der Waals surface area (Å²) in [5.74, 6) is 0.893. The van der Waals surface area contributed by atoms with Crippen LogP contribution in [0.4, 0.5) is 5.69 Å². The van der Waals surface area contributed by atoms with Gasteiger partial charge in [-0.1, -0.05) is 30.3 Å². The van der Waals surface area contributed by atoms with Gasteiger partial charge in [0.1, 0.15) is 5.52 Å². The summed E-state index contributed by atoms with van der Waals surface area (Å²) in [6.07, 6.45) is 4.81. The number of fused-ring (bicyclic) bond motifs is 1.